The molecule has 0 atom stereocenters. The Balaban J connectivity index is 1.55. The number of rotatable bonds is 4. The van der Waals surface area contributed by atoms with Crippen molar-refractivity contribution < 1.29 is 18.0 Å². The molecule has 1 N–H and O–H groups in total. The Morgan fingerprint density at radius 1 is 0.960 bits per heavy atom. The van der Waals surface area contributed by atoms with E-state index in [0.29, 0.717) is 24.1 Å². The molecule has 0 radical (unpaired) electrons. The molecule has 1 aliphatic rings. The maximum atomic E-state index is 13.0. The zero-order valence-corrected chi connectivity index (χ0v) is 13.0. The van der Waals surface area contributed by atoms with Gasteiger partial charge in [0.1, 0.15) is 17.0 Å². The standard InChI is InChI=1S/C18H13F2N3O2/c19-12-3-1-11(2-4-12)15-22-23-17(25-15)18(9-10-18)16(24)21-14-7-5-13(20)6-8-14/h1-8H,9-10H2,(H,21,24). The topological polar surface area (TPSA) is 68.0 Å². The first kappa shape index (κ1) is 15.4. The third-order valence-corrected chi connectivity index (χ3v) is 4.21. The molecule has 0 spiro atoms. The molecule has 1 aromatic heterocycles. The van der Waals surface area contributed by atoms with E-state index in [1.54, 1.807) is 0 Å². The third kappa shape index (κ3) is 2.88. The molecule has 1 fully saturated rings. The van der Waals surface area contributed by atoms with Crippen molar-refractivity contribution >= 4 is 11.6 Å². The second-order valence-corrected chi connectivity index (χ2v) is 5.96. The molecule has 1 amide bonds. The van der Waals surface area contributed by atoms with Gasteiger partial charge in [-0.2, -0.15) is 0 Å². The number of nitrogens with zero attached hydrogens (tertiary/aromatic N) is 2. The van der Waals surface area contributed by atoms with Crippen molar-refractivity contribution in [3.8, 4) is 11.5 Å². The van der Waals surface area contributed by atoms with E-state index in [1.165, 1.54) is 48.5 Å². The lowest BCUT2D eigenvalue weighted by atomic mass is 10.1. The zero-order chi connectivity index (χ0) is 17.4. The van der Waals surface area contributed by atoms with Gasteiger partial charge in [-0.05, 0) is 61.4 Å². The highest BCUT2D eigenvalue weighted by molar-refractivity contribution is 6.00. The second-order valence-electron chi connectivity index (χ2n) is 5.96. The van der Waals surface area contributed by atoms with Crippen molar-refractivity contribution in [1.82, 2.24) is 10.2 Å². The summed E-state index contributed by atoms with van der Waals surface area (Å²) in [5.41, 5.74) is 0.213. The molecule has 7 heteroatoms. The summed E-state index contributed by atoms with van der Waals surface area (Å²) < 4.78 is 31.6. The molecule has 25 heavy (non-hydrogen) atoms. The van der Waals surface area contributed by atoms with Crippen LogP contribution < -0.4 is 5.32 Å². The van der Waals surface area contributed by atoms with Crippen LogP contribution in [0.15, 0.2) is 52.9 Å². The van der Waals surface area contributed by atoms with Gasteiger partial charge in [-0.3, -0.25) is 4.79 Å². The normalized spacial score (nSPS) is 15.0. The largest absolute Gasteiger partial charge is 0.420 e. The number of nitrogens with one attached hydrogen (secondary N) is 1. The first-order valence-corrected chi connectivity index (χ1v) is 7.74. The van der Waals surface area contributed by atoms with Crippen LogP contribution in [0.25, 0.3) is 11.5 Å². The molecule has 0 bridgehead atoms. The van der Waals surface area contributed by atoms with Crippen LogP contribution in [0.2, 0.25) is 0 Å². The Morgan fingerprint density at radius 3 is 2.16 bits per heavy atom. The minimum atomic E-state index is -0.861. The van der Waals surface area contributed by atoms with Crippen LogP contribution in [0.1, 0.15) is 18.7 Å². The second kappa shape index (κ2) is 5.77. The number of hydrogen-bond acceptors (Lipinski definition) is 4. The molecule has 0 saturated heterocycles. The van der Waals surface area contributed by atoms with Crippen molar-refractivity contribution in [2.45, 2.75) is 18.3 Å². The Kier molecular flexibility index (Phi) is 3.56. The Bertz CT molecular complexity index is 916. The molecular weight excluding hydrogens is 328 g/mol. The first-order chi connectivity index (χ1) is 12.1. The predicted octanol–water partition coefficient (Wildman–Crippen LogP) is 3.69. The maximum Gasteiger partial charge on any atom is 0.247 e. The van der Waals surface area contributed by atoms with Crippen LogP contribution in [0.5, 0.6) is 0 Å². The fourth-order valence-electron chi connectivity index (χ4n) is 2.57. The summed E-state index contributed by atoms with van der Waals surface area (Å²) in [5.74, 6) is -0.545. The van der Waals surface area contributed by atoms with Crippen LogP contribution in [0, 0.1) is 11.6 Å². The van der Waals surface area contributed by atoms with Gasteiger partial charge in [-0.1, -0.05) is 0 Å². The lowest BCUT2D eigenvalue weighted by Crippen LogP contribution is -2.28. The average Bonchev–Trinajstić information content (AvgIpc) is 3.28. The fourth-order valence-corrected chi connectivity index (χ4v) is 2.57. The van der Waals surface area contributed by atoms with Crippen molar-refractivity contribution in [3.63, 3.8) is 0 Å². The predicted molar refractivity (Wildman–Crippen MR) is 85.6 cm³/mol. The van der Waals surface area contributed by atoms with E-state index in [4.69, 9.17) is 4.42 Å². The van der Waals surface area contributed by atoms with Crippen molar-refractivity contribution in [1.29, 1.82) is 0 Å². The van der Waals surface area contributed by atoms with Gasteiger partial charge in [-0.15, -0.1) is 10.2 Å². The lowest BCUT2D eigenvalue weighted by Gasteiger charge is -2.11. The molecule has 0 unspecified atom stereocenters. The number of hydrogen-bond donors (Lipinski definition) is 1. The van der Waals surface area contributed by atoms with Gasteiger partial charge >= 0.3 is 0 Å². The highest BCUT2D eigenvalue weighted by atomic mass is 19.1. The summed E-state index contributed by atoms with van der Waals surface area (Å²) in [7, 11) is 0. The Morgan fingerprint density at radius 2 is 1.56 bits per heavy atom. The van der Waals surface area contributed by atoms with E-state index in [1.807, 2.05) is 0 Å². The number of carbonyl (C=O) groups is 1. The SMILES string of the molecule is O=C(Nc1ccc(F)cc1)C1(c2nnc(-c3ccc(F)cc3)o2)CC1. The molecular formula is C18H13F2N3O2. The molecule has 0 aliphatic heterocycles. The van der Waals surface area contributed by atoms with Crippen LogP contribution in [-0.4, -0.2) is 16.1 Å². The summed E-state index contributed by atoms with van der Waals surface area (Å²) in [6.07, 6.45) is 1.18. The fraction of sp³-hybridized carbons (Fsp3) is 0.167. The summed E-state index contributed by atoms with van der Waals surface area (Å²) in [6, 6.07) is 11.2. The van der Waals surface area contributed by atoms with Crippen LogP contribution in [-0.2, 0) is 10.2 Å². The van der Waals surface area contributed by atoms with Gasteiger partial charge in [0.2, 0.25) is 17.7 Å². The van der Waals surface area contributed by atoms with E-state index >= 15 is 0 Å². The molecule has 1 saturated carbocycles. The summed E-state index contributed by atoms with van der Waals surface area (Å²) in [6.45, 7) is 0. The van der Waals surface area contributed by atoms with E-state index in [-0.39, 0.29) is 29.3 Å². The third-order valence-electron chi connectivity index (χ3n) is 4.21. The maximum absolute atomic E-state index is 13.0. The minimum Gasteiger partial charge on any atom is -0.420 e. The highest BCUT2D eigenvalue weighted by Gasteiger charge is 2.56. The molecule has 126 valence electrons. The van der Waals surface area contributed by atoms with E-state index in [0.717, 1.165) is 0 Å². The van der Waals surface area contributed by atoms with E-state index in [9.17, 15) is 13.6 Å². The van der Waals surface area contributed by atoms with Crippen LogP contribution in [0.4, 0.5) is 14.5 Å². The van der Waals surface area contributed by atoms with Gasteiger partial charge in [-0.25, -0.2) is 8.78 Å². The summed E-state index contributed by atoms with van der Waals surface area (Å²) >= 11 is 0. The first-order valence-electron chi connectivity index (χ1n) is 7.74. The molecule has 4 rings (SSSR count). The van der Waals surface area contributed by atoms with Gasteiger partial charge in [0, 0.05) is 11.3 Å². The van der Waals surface area contributed by atoms with Crippen molar-refractivity contribution in [3.05, 3.63) is 66.1 Å². The number of halogens is 2. The summed E-state index contributed by atoms with van der Waals surface area (Å²) in [5, 5.41) is 10.7. The molecule has 3 aromatic rings. The van der Waals surface area contributed by atoms with Crippen molar-refractivity contribution in [2.75, 3.05) is 5.32 Å². The van der Waals surface area contributed by atoms with Crippen molar-refractivity contribution in [2.24, 2.45) is 0 Å². The number of carbonyl (C=O) groups excluding carboxylic acids is 1. The minimum absolute atomic E-state index is 0.228. The molecule has 5 nitrogen and oxygen atoms in total. The van der Waals surface area contributed by atoms with Crippen LogP contribution >= 0.6 is 0 Å². The lowest BCUT2D eigenvalue weighted by molar-refractivity contribution is -0.119. The Labute approximate surface area is 141 Å². The van der Waals surface area contributed by atoms with Gasteiger partial charge in [0.15, 0.2) is 0 Å². The smallest absolute Gasteiger partial charge is 0.247 e. The molecule has 1 aliphatic carbocycles. The monoisotopic (exact) mass is 341 g/mol. The number of amides is 1. The number of benzene rings is 2. The van der Waals surface area contributed by atoms with E-state index in [2.05, 4.69) is 15.5 Å². The average molecular weight is 341 g/mol. The Hall–Kier alpha value is -3.09. The summed E-state index contributed by atoms with van der Waals surface area (Å²) in [4.78, 5) is 12.6. The number of aromatic nitrogens is 2. The molecule has 2 aromatic carbocycles. The van der Waals surface area contributed by atoms with E-state index < -0.39 is 5.41 Å². The van der Waals surface area contributed by atoms with Gasteiger partial charge < -0.3 is 9.73 Å². The van der Waals surface area contributed by atoms with Gasteiger partial charge in [0.25, 0.3) is 0 Å². The zero-order valence-electron chi connectivity index (χ0n) is 13.0. The number of anilines is 1. The van der Waals surface area contributed by atoms with Crippen LogP contribution in [0.3, 0.4) is 0 Å². The molecule has 1 heterocycles. The quantitative estimate of drug-likeness (QED) is 0.786. The van der Waals surface area contributed by atoms with Gasteiger partial charge in [0.05, 0.1) is 0 Å². The highest BCUT2D eigenvalue weighted by Crippen LogP contribution is 2.48.